The number of hydrogen-bond donors (Lipinski definition) is 1. The van der Waals surface area contributed by atoms with E-state index in [1.165, 1.54) is 17.5 Å². The third kappa shape index (κ3) is 3.82. The van der Waals surface area contributed by atoms with Crippen molar-refractivity contribution in [2.24, 2.45) is 5.41 Å². The van der Waals surface area contributed by atoms with Crippen LogP contribution in [0, 0.1) is 19.3 Å². The number of rotatable bonds is 3. The molecule has 104 valence electrons. The Morgan fingerprint density at radius 2 is 2.05 bits per heavy atom. The van der Waals surface area contributed by atoms with Crippen LogP contribution in [-0.4, -0.2) is 11.9 Å². The van der Waals surface area contributed by atoms with E-state index in [-0.39, 0.29) is 5.91 Å². The predicted octanol–water partition coefficient (Wildman–Crippen LogP) is 3.54. The fourth-order valence-corrected chi connectivity index (χ4v) is 2.94. The summed E-state index contributed by atoms with van der Waals surface area (Å²) in [5, 5.41) is 3.18. The zero-order valence-corrected chi connectivity index (χ0v) is 12.5. The Labute approximate surface area is 116 Å². The fraction of sp³-hybridized carbons (Fsp3) is 0.588. The fourth-order valence-electron chi connectivity index (χ4n) is 2.94. The van der Waals surface area contributed by atoms with E-state index in [2.05, 4.69) is 51.2 Å². The van der Waals surface area contributed by atoms with Crippen molar-refractivity contribution < 1.29 is 4.79 Å². The Bertz CT molecular complexity index is 476. The van der Waals surface area contributed by atoms with E-state index >= 15 is 0 Å². The number of carbonyl (C=O) groups is 1. The van der Waals surface area contributed by atoms with E-state index in [0.29, 0.717) is 17.9 Å². The first kappa shape index (κ1) is 14.1. The molecule has 2 nitrogen and oxygen atoms in total. The summed E-state index contributed by atoms with van der Waals surface area (Å²) >= 11 is 0. The molecule has 1 aromatic rings. The van der Waals surface area contributed by atoms with Gasteiger partial charge in [-0.1, -0.05) is 32.0 Å². The van der Waals surface area contributed by atoms with Crippen LogP contribution in [0.3, 0.4) is 0 Å². The molecule has 0 aromatic heterocycles. The average molecular weight is 259 g/mol. The number of amides is 1. The molecule has 1 saturated carbocycles. The number of hydrogen-bond acceptors (Lipinski definition) is 1. The molecular formula is C17H25NO. The normalized spacial score (nSPS) is 21.4. The Balaban J connectivity index is 1.89. The van der Waals surface area contributed by atoms with Crippen molar-refractivity contribution in [3.05, 3.63) is 34.9 Å². The minimum atomic E-state index is 0.158. The monoisotopic (exact) mass is 259 g/mol. The second kappa shape index (κ2) is 5.36. The van der Waals surface area contributed by atoms with Gasteiger partial charge in [0.2, 0.25) is 5.91 Å². The van der Waals surface area contributed by atoms with Gasteiger partial charge in [0.05, 0.1) is 6.42 Å². The summed E-state index contributed by atoms with van der Waals surface area (Å²) in [4.78, 5) is 12.1. The molecule has 2 heteroatoms. The van der Waals surface area contributed by atoms with E-state index < -0.39 is 0 Å². The van der Waals surface area contributed by atoms with Crippen LogP contribution in [0.25, 0.3) is 0 Å². The summed E-state index contributed by atoms with van der Waals surface area (Å²) in [6.07, 6.45) is 3.93. The van der Waals surface area contributed by atoms with Gasteiger partial charge in [0.15, 0.2) is 0 Å². The lowest BCUT2D eigenvalue weighted by molar-refractivity contribution is -0.121. The molecule has 1 aliphatic rings. The maximum absolute atomic E-state index is 12.1. The van der Waals surface area contributed by atoms with Crippen molar-refractivity contribution in [3.8, 4) is 0 Å². The van der Waals surface area contributed by atoms with Crippen LogP contribution in [0.4, 0.5) is 0 Å². The Morgan fingerprint density at radius 1 is 1.32 bits per heavy atom. The molecule has 1 atom stereocenters. The average Bonchev–Trinajstić information content (AvgIpc) is 2.63. The van der Waals surface area contributed by atoms with Gasteiger partial charge in [-0.3, -0.25) is 4.79 Å². The predicted molar refractivity (Wildman–Crippen MR) is 79.2 cm³/mol. The van der Waals surface area contributed by atoms with E-state index in [1.807, 2.05) is 0 Å². The first-order chi connectivity index (χ1) is 8.85. The summed E-state index contributed by atoms with van der Waals surface area (Å²) in [5.74, 6) is 0.158. The maximum Gasteiger partial charge on any atom is 0.224 e. The Kier molecular flexibility index (Phi) is 3.98. The van der Waals surface area contributed by atoms with Crippen LogP contribution in [0.2, 0.25) is 0 Å². The smallest absolute Gasteiger partial charge is 0.224 e. The Morgan fingerprint density at radius 3 is 2.63 bits per heavy atom. The molecule has 19 heavy (non-hydrogen) atoms. The third-order valence-electron chi connectivity index (χ3n) is 4.27. The topological polar surface area (TPSA) is 29.1 Å². The van der Waals surface area contributed by atoms with Crippen LogP contribution in [0.1, 0.15) is 49.8 Å². The molecule has 1 aromatic carbocycles. The number of carbonyl (C=O) groups excluding carboxylic acids is 1. The summed E-state index contributed by atoms with van der Waals surface area (Å²) in [6.45, 7) is 8.75. The standard InChI is InChI=1S/C17H25NO/c1-12-5-6-14(9-13(12)2)10-16(19)18-15-7-8-17(3,4)11-15/h5-6,9,15H,7-8,10-11H2,1-4H3,(H,18,19). The summed E-state index contributed by atoms with van der Waals surface area (Å²) in [5.41, 5.74) is 4.03. The third-order valence-corrected chi connectivity index (χ3v) is 4.27. The minimum absolute atomic E-state index is 0.158. The molecular weight excluding hydrogens is 234 g/mol. The lowest BCUT2D eigenvalue weighted by Gasteiger charge is -2.18. The molecule has 1 N–H and O–H groups in total. The molecule has 1 fully saturated rings. The van der Waals surface area contributed by atoms with Gasteiger partial charge in [-0.2, -0.15) is 0 Å². The van der Waals surface area contributed by atoms with Crippen LogP contribution in [0.15, 0.2) is 18.2 Å². The van der Waals surface area contributed by atoms with Crippen molar-refractivity contribution in [1.29, 1.82) is 0 Å². The lowest BCUT2D eigenvalue weighted by atomic mass is 9.92. The molecule has 0 aliphatic heterocycles. The molecule has 1 amide bonds. The van der Waals surface area contributed by atoms with Gasteiger partial charge in [-0.15, -0.1) is 0 Å². The highest BCUT2D eigenvalue weighted by Crippen LogP contribution is 2.36. The van der Waals surface area contributed by atoms with Crippen molar-refractivity contribution in [2.45, 2.75) is 59.4 Å². The molecule has 0 heterocycles. The SMILES string of the molecule is Cc1ccc(CC(=O)NC2CCC(C)(C)C2)cc1C. The van der Waals surface area contributed by atoms with Gasteiger partial charge in [0.25, 0.3) is 0 Å². The Hall–Kier alpha value is -1.31. The number of benzene rings is 1. The molecule has 0 saturated heterocycles. The van der Waals surface area contributed by atoms with Gasteiger partial charge in [-0.05, 0) is 55.2 Å². The number of nitrogens with one attached hydrogen (secondary N) is 1. The quantitative estimate of drug-likeness (QED) is 0.884. The first-order valence-corrected chi connectivity index (χ1v) is 7.21. The molecule has 1 aliphatic carbocycles. The highest BCUT2D eigenvalue weighted by molar-refractivity contribution is 5.79. The molecule has 0 radical (unpaired) electrons. The van der Waals surface area contributed by atoms with Crippen molar-refractivity contribution in [2.75, 3.05) is 0 Å². The van der Waals surface area contributed by atoms with E-state index in [4.69, 9.17) is 0 Å². The molecule has 1 unspecified atom stereocenters. The molecule has 0 bridgehead atoms. The first-order valence-electron chi connectivity index (χ1n) is 7.21. The zero-order chi connectivity index (χ0) is 14.0. The molecule has 2 rings (SSSR count). The van der Waals surface area contributed by atoms with Gasteiger partial charge < -0.3 is 5.32 Å². The summed E-state index contributed by atoms with van der Waals surface area (Å²) in [7, 11) is 0. The van der Waals surface area contributed by atoms with Crippen molar-refractivity contribution in [3.63, 3.8) is 0 Å². The van der Waals surface area contributed by atoms with Gasteiger partial charge in [0.1, 0.15) is 0 Å². The molecule has 0 spiro atoms. The van der Waals surface area contributed by atoms with E-state index in [0.717, 1.165) is 18.4 Å². The second-order valence-corrected chi connectivity index (χ2v) is 6.77. The largest absolute Gasteiger partial charge is 0.353 e. The maximum atomic E-state index is 12.1. The minimum Gasteiger partial charge on any atom is -0.353 e. The van der Waals surface area contributed by atoms with E-state index in [1.54, 1.807) is 0 Å². The van der Waals surface area contributed by atoms with Crippen LogP contribution < -0.4 is 5.32 Å². The van der Waals surface area contributed by atoms with Crippen molar-refractivity contribution in [1.82, 2.24) is 5.32 Å². The highest BCUT2D eigenvalue weighted by atomic mass is 16.1. The number of aryl methyl sites for hydroxylation is 2. The van der Waals surface area contributed by atoms with Crippen LogP contribution in [-0.2, 0) is 11.2 Å². The second-order valence-electron chi connectivity index (χ2n) is 6.77. The van der Waals surface area contributed by atoms with Gasteiger partial charge in [-0.25, -0.2) is 0 Å². The highest BCUT2D eigenvalue weighted by Gasteiger charge is 2.31. The van der Waals surface area contributed by atoms with Crippen LogP contribution >= 0.6 is 0 Å². The summed E-state index contributed by atoms with van der Waals surface area (Å²) in [6, 6.07) is 6.64. The summed E-state index contributed by atoms with van der Waals surface area (Å²) < 4.78 is 0. The zero-order valence-electron chi connectivity index (χ0n) is 12.5. The van der Waals surface area contributed by atoms with E-state index in [9.17, 15) is 4.79 Å². The van der Waals surface area contributed by atoms with Crippen LogP contribution in [0.5, 0.6) is 0 Å². The van der Waals surface area contributed by atoms with Crippen molar-refractivity contribution >= 4 is 5.91 Å². The lowest BCUT2D eigenvalue weighted by Crippen LogP contribution is -2.34. The van der Waals surface area contributed by atoms with Gasteiger partial charge >= 0.3 is 0 Å². The van der Waals surface area contributed by atoms with Gasteiger partial charge in [0, 0.05) is 6.04 Å².